The van der Waals surface area contributed by atoms with Crippen LogP contribution >= 0.6 is 23.2 Å². The summed E-state index contributed by atoms with van der Waals surface area (Å²) in [5.41, 5.74) is 1.21. The minimum Gasteiger partial charge on any atom is -0.481 e. The zero-order valence-corrected chi connectivity index (χ0v) is 15.1. The summed E-state index contributed by atoms with van der Waals surface area (Å²) < 4.78 is 5.72. The van der Waals surface area contributed by atoms with Gasteiger partial charge in [0.2, 0.25) is 0 Å². The van der Waals surface area contributed by atoms with E-state index in [-0.39, 0.29) is 5.91 Å². The highest BCUT2D eigenvalue weighted by Gasteiger charge is 2.17. The van der Waals surface area contributed by atoms with Crippen LogP contribution in [0.5, 0.6) is 5.75 Å². The van der Waals surface area contributed by atoms with Gasteiger partial charge in [-0.2, -0.15) is 0 Å². The summed E-state index contributed by atoms with van der Waals surface area (Å²) in [5, 5.41) is 4.31. The molecule has 3 nitrogen and oxygen atoms in total. The Labute approximate surface area is 152 Å². The maximum atomic E-state index is 12.2. The molecule has 24 heavy (non-hydrogen) atoms. The second-order valence-electron chi connectivity index (χ2n) is 5.49. The smallest absolute Gasteiger partial charge is 0.261 e. The van der Waals surface area contributed by atoms with Gasteiger partial charge in [0.05, 0.1) is 0 Å². The third-order valence-corrected chi connectivity index (χ3v) is 4.11. The van der Waals surface area contributed by atoms with Gasteiger partial charge in [0.25, 0.3) is 5.91 Å². The van der Waals surface area contributed by atoms with Gasteiger partial charge in [0.1, 0.15) is 5.75 Å². The van der Waals surface area contributed by atoms with Crippen LogP contribution in [0.1, 0.15) is 25.3 Å². The molecular weight excluding hydrogens is 345 g/mol. The number of rotatable bonds is 8. The summed E-state index contributed by atoms with van der Waals surface area (Å²) in [6.07, 6.45) is 1.87. The van der Waals surface area contributed by atoms with Gasteiger partial charge in [0.15, 0.2) is 6.10 Å². The molecule has 2 rings (SSSR count). The molecular formula is C19H21Cl2NO2. The molecule has 2 aromatic rings. The fraction of sp³-hybridized carbons (Fsp3) is 0.316. The van der Waals surface area contributed by atoms with Crippen LogP contribution in [0.15, 0.2) is 48.5 Å². The van der Waals surface area contributed by atoms with Crippen molar-refractivity contribution in [3.8, 4) is 5.75 Å². The third kappa shape index (κ3) is 6.06. The number of aryl methyl sites for hydroxylation is 1. The number of benzene rings is 2. The molecule has 0 saturated carbocycles. The van der Waals surface area contributed by atoms with Crippen LogP contribution in [-0.2, 0) is 11.2 Å². The Kier molecular flexibility index (Phi) is 7.41. The first-order valence-electron chi connectivity index (χ1n) is 8.03. The summed E-state index contributed by atoms with van der Waals surface area (Å²) in [5.74, 6) is 0.547. The van der Waals surface area contributed by atoms with Crippen molar-refractivity contribution in [2.45, 2.75) is 32.3 Å². The Bertz CT molecular complexity index is 641. The number of halogens is 2. The number of carbonyl (C=O) groups is 1. The zero-order chi connectivity index (χ0) is 17.4. The van der Waals surface area contributed by atoms with E-state index in [0.717, 1.165) is 17.9 Å². The normalized spacial score (nSPS) is 11.8. The van der Waals surface area contributed by atoms with E-state index in [9.17, 15) is 4.79 Å². The van der Waals surface area contributed by atoms with E-state index in [2.05, 4.69) is 5.32 Å². The lowest BCUT2D eigenvalue weighted by molar-refractivity contribution is -0.128. The van der Waals surface area contributed by atoms with Crippen molar-refractivity contribution in [2.75, 3.05) is 6.54 Å². The molecule has 1 unspecified atom stereocenters. The van der Waals surface area contributed by atoms with Gasteiger partial charge in [-0.15, -0.1) is 0 Å². The van der Waals surface area contributed by atoms with Crippen LogP contribution in [0, 0.1) is 0 Å². The van der Waals surface area contributed by atoms with E-state index in [1.807, 2.05) is 31.2 Å². The molecule has 0 aliphatic heterocycles. The second-order valence-corrected chi connectivity index (χ2v) is 6.36. The molecule has 128 valence electrons. The van der Waals surface area contributed by atoms with Gasteiger partial charge >= 0.3 is 0 Å². The molecule has 0 heterocycles. The minimum absolute atomic E-state index is 0.0939. The third-order valence-electron chi connectivity index (χ3n) is 3.61. The van der Waals surface area contributed by atoms with Crippen LogP contribution in [0.25, 0.3) is 0 Å². The summed E-state index contributed by atoms with van der Waals surface area (Å²) >= 11 is 11.7. The van der Waals surface area contributed by atoms with E-state index in [4.69, 9.17) is 27.9 Å². The maximum absolute atomic E-state index is 12.2. The number of hydrogen-bond acceptors (Lipinski definition) is 2. The van der Waals surface area contributed by atoms with Crippen molar-refractivity contribution in [2.24, 2.45) is 0 Å². The molecule has 0 fully saturated rings. The maximum Gasteiger partial charge on any atom is 0.261 e. The highest BCUT2D eigenvalue weighted by atomic mass is 35.5. The van der Waals surface area contributed by atoms with Gasteiger partial charge in [-0.25, -0.2) is 0 Å². The Morgan fingerprint density at radius 1 is 1.04 bits per heavy atom. The predicted octanol–water partition coefficient (Wildman–Crippen LogP) is 4.90. The van der Waals surface area contributed by atoms with Crippen LogP contribution in [0.4, 0.5) is 0 Å². The first-order chi connectivity index (χ1) is 11.6. The monoisotopic (exact) mass is 365 g/mol. The van der Waals surface area contributed by atoms with Gasteiger partial charge < -0.3 is 10.1 Å². The molecule has 0 aromatic heterocycles. The van der Waals surface area contributed by atoms with Crippen molar-refractivity contribution in [1.29, 1.82) is 0 Å². The van der Waals surface area contributed by atoms with Crippen molar-refractivity contribution in [3.63, 3.8) is 0 Å². The standard InChI is InChI=1S/C19H21Cl2NO2/c1-2-18(24-17-11-9-16(21)10-12-17)19(23)22-13-3-4-14-5-7-15(20)8-6-14/h5-12,18H,2-4,13H2,1H3,(H,22,23). The molecule has 1 atom stereocenters. The summed E-state index contributed by atoms with van der Waals surface area (Å²) in [7, 11) is 0. The zero-order valence-electron chi connectivity index (χ0n) is 13.6. The number of amides is 1. The number of hydrogen-bond donors (Lipinski definition) is 1. The lowest BCUT2D eigenvalue weighted by Gasteiger charge is -2.17. The lowest BCUT2D eigenvalue weighted by Crippen LogP contribution is -2.38. The van der Waals surface area contributed by atoms with Crippen LogP contribution in [0.3, 0.4) is 0 Å². The van der Waals surface area contributed by atoms with Crippen molar-refractivity contribution < 1.29 is 9.53 Å². The second kappa shape index (κ2) is 9.55. The van der Waals surface area contributed by atoms with E-state index in [1.54, 1.807) is 24.3 Å². The Balaban J connectivity index is 1.75. The Morgan fingerprint density at radius 2 is 1.62 bits per heavy atom. The summed E-state index contributed by atoms with van der Waals surface area (Å²) in [6, 6.07) is 14.8. The average molecular weight is 366 g/mol. The minimum atomic E-state index is -0.498. The molecule has 0 aliphatic carbocycles. The highest BCUT2D eigenvalue weighted by Crippen LogP contribution is 2.17. The number of nitrogens with one attached hydrogen (secondary N) is 1. The highest BCUT2D eigenvalue weighted by molar-refractivity contribution is 6.30. The first-order valence-corrected chi connectivity index (χ1v) is 8.78. The van der Waals surface area contributed by atoms with Gasteiger partial charge in [-0.1, -0.05) is 42.3 Å². The number of carbonyl (C=O) groups excluding carboxylic acids is 1. The van der Waals surface area contributed by atoms with Crippen LogP contribution in [0.2, 0.25) is 10.0 Å². The molecule has 0 spiro atoms. The van der Waals surface area contributed by atoms with E-state index >= 15 is 0 Å². The molecule has 0 radical (unpaired) electrons. The predicted molar refractivity (Wildman–Crippen MR) is 98.9 cm³/mol. The van der Waals surface area contributed by atoms with Crippen LogP contribution < -0.4 is 10.1 Å². The average Bonchev–Trinajstić information content (AvgIpc) is 2.59. The number of ether oxygens (including phenoxy) is 1. The molecule has 1 N–H and O–H groups in total. The Hall–Kier alpha value is -1.71. The summed E-state index contributed by atoms with van der Waals surface area (Å²) in [6.45, 7) is 2.54. The SMILES string of the molecule is CCC(Oc1ccc(Cl)cc1)C(=O)NCCCc1ccc(Cl)cc1. The molecule has 5 heteroatoms. The topological polar surface area (TPSA) is 38.3 Å². The fourth-order valence-electron chi connectivity index (χ4n) is 2.27. The fourth-order valence-corrected chi connectivity index (χ4v) is 2.52. The molecule has 0 aliphatic rings. The van der Waals surface area contributed by atoms with Crippen molar-refractivity contribution in [1.82, 2.24) is 5.32 Å². The van der Waals surface area contributed by atoms with Crippen molar-refractivity contribution >= 4 is 29.1 Å². The van der Waals surface area contributed by atoms with E-state index < -0.39 is 6.10 Å². The quantitative estimate of drug-likeness (QED) is 0.675. The molecule has 2 aromatic carbocycles. The molecule has 0 bridgehead atoms. The lowest BCUT2D eigenvalue weighted by atomic mass is 10.1. The molecule has 0 saturated heterocycles. The van der Waals surface area contributed by atoms with Gasteiger partial charge in [-0.3, -0.25) is 4.79 Å². The molecule has 1 amide bonds. The van der Waals surface area contributed by atoms with Gasteiger partial charge in [-0.05, 0) is 61.2 Å². The largest absolute Gasteiger partial charge is 0.481 e. The summed E-state index contributed by atoms with van der Waals surface area (Å²) in [4.78, 5) is 12.2. The first kappa shape index (κ1) is 18.6. The van der Waals surface area contributed by atoms with E-state index in [0.29, 0.717) is 23.7 Å². The van der Waals surface area contributed by atoms with Gasteiger partial charge in [0, 0.05) is 16.6 Å². The van der Waals surface area contributed by atoms with Crippen molar-refractivity contribution in [3.05, 3.63) is 64.1 Å². The Morgan fingerprint density at radius 3 is 2.21 bits per heavy atom. The van der Waals surface area contributed by atoms with Crippen LogP contribution in [-0.4, -0.2) is 18.6 Å². The van der Waals surface area contributed by atoms with E-state index in [1.165, 1.54) is 5.56 Å².